The van der Waals surface area contributed by atoms with Gasteiger partial charge in [-0.15, -0.1) is 0 Å². The zero-order chi connectivity index (χ0) is 15.5. The van der Waals surface area contributed by atoms with Crippen molar-refractivity contribution in [1.29, 1.82) is 0 Å². The maximum absolute atomic E-state index is 12.6. The molecule has 0 amide bonds. The minimum Gasteiger partial charge on any atom is -0.484 e. The second-order valence-electron chi connectivity index (χ2n) is 4.22. The number of hydrogen-bond donors (Lipinski definition) is 0. The fraction of sp³-hybridized carbons (Fsp3) is 0.133. The number of Topliss-reactive ketones (excluding diaryl/α,β-unsaturated/α-hetero) is 1. The van der Waals surface area contributed by atoms with Gasteiger partial charge in [-0.25, -0.2) is 0 Å². The summed E-state index contributed by atoms with van der Waals surface area (Å²) in [6.07, 6.45) is -4.47. The highest BCUT2D eigenvalue weighted by Gasteiger charge is 2.30. The van der Waals surface area contributed by atoms with E-state index in [4.69, 9.17) is 4.74 Å². The van der Waals surface area contributed by atoms with Gasteiger partial charge >= 0.3 is 6.18 Å². The number of para-hydroxylation sites is 1. The molecule has 2 aromatic carbocycles. The van der Waals surface area contributed by atoms with Crippen LogP contribution in [0.4, 0.5) is 13.2 Å². The molecule has 0 radical (unpaired) electrons. The third-order valence-electron chi connectivity index (χ3n) is 2.71. The summed E-state index contributed by atoms with van der Waals surface area (Å²) in [4.78, 5) is 11.9. The van der Waals surface area contributed by atoms with Gasteiger partial charge in [-0.3, -0.25) is 4.79 Å². The number of alkyl halides is 3. The van der Waals surface area contributed by atoms with Gasteiger partial charge in [-0.05, 0) is 40.2 Å². The van der Waals surface area contributed by atoms with Gasteiger partial charge in [0.15, 0.2) is 12.4 Å². The normalized spacial score (nSPS) is 11.2. The van der Waals surface area contributed by atoms with Crippen LogP contribution in [0.15, 0.2) is 53.0 Å². The van der Waals surface area contributed by atoms with Crippen molar-refractivity contribution in [3.63, 3.8) is 0 Å². The Morgan fingerprint density at radius 1 is 1.10 bits per heavy atom. The smallest absolute Gasteiger partial charge is 0.416 e. The standard InChI is InChI=1S/C15H10BrF3O2/c16-12-6-1-2-7-14(12)21-9-13(20)10-4-3-5-11(8-10)15(17,18)19/h1-8H,9H2. The van der Waals surface area contributed by atoms with Crippen LogP contribution in [0.5, 0.6) is 5.75 Å². The lowest BCUT2D eigenvalue weighted by Gasteiger charge is -2.09. The van der Waals surface area contributed by atoms with Crippen LogP contribution in [-0.4, -0.2) is 12.4 Å². The molecule has 2 aromatic rings. The van der Waals surface area contributed by atoms with Crippen molar-refractivity contribution in [3.05, 3.63) is 64.1 Å². The average Bonchev–Trinajstić information content (AvgIpc) is 2.45. The highest BCUT2D eigenvalue weighted by Crippen LogP contribution is 2.29. The molecule has 0 aliphatic heterocycles. The highest BCUT2D eigenvalue weighted by molar-refractivity contribution is 9.10. The van der Waals surface area contributed by atoms with Crippen molar-refractivity contribution >= 4 is 21.7 Å². The van der Waals surface area contributed by atoms with Gasteiger partial charge < -0.3 is 4.74 Å². The van der Waals surface area contributed by atoms with E-state index in [1.54, 1.807) is 24.3 Å². The Balaban J connectivity index is 2.09. The number of carbonyl (C=O) groups is 1. The lowest BCUT2D eigenvalue weighted by molar-refractivity contribution is -0.137. The second kappa shape index (κ2) is 6.30. The quantitative estimate of drug-likeness (QED) is 0.738. The zero-order valence-corrected chi connectivity index (χ0v) is 12.2. The Bertz CT molecular complexity index is 653. The van der Waals surface area contributed by atoms with E-state index in [9.17, 15) is 18.0 Å². The maximum Gasteiger partial charge on any atom is 0.416 e. The molecule has 0 fully saturated rings. The molecule has 0 heterocycles. The molecule has 0 aliphatic carbocycles. The largest absolute Gasteiger partial charge is 0.484 e. The number of rotatable bonds is 4. The van der Waals surface area contributed by atoms with Crippen LogP contribution >= 0.6 is 15.9 Å². The molecule has 21 heavy (non-hydrogen) atoms. The molecule has 110 valence electrons. The average molecular weight is 359 g/mol. The number of hydrogen-bond acceptors (Lipinski definition) is 2. The van der Waals surface area contributed by atoms with E-state index in [0.29, 0.717) is 10.2 Å². The van der Waals surface area contributed by atoms with Crippen LogP contribution in [-0.2, 0) is 6.18 Å². The Kier molecular flexibility index (Phi) is 4.67. The third-order valence-corrected chi connectivity index (χ3v) is 3.36. The molecule has 0 saturated carbocycles. The topological polar surface area (TPSA) is 26.3 Å². The number of halogens is 4. The zero-order valence-electron chi connectivity index (χ0n) is 10.7. The van der Waals surface area contributed by atoms with Crippen molar-refractivity contribution in [1.82, 2.24) is 0 Å². The number of ether oxygens (including phenoxy) is 1. The molecule has 2 rings (SSSR count). The first kappa shape index (κ1) is 15.6. The number of benzene rings is 2. The Hall–Kier alpha value is -1.82. The molecule has 0 unspecified atom stereocenters. The van der Waals surface area contributed by atoms with Gasteiger partial charge in [-0.1, -0.05) is 24.3 Å². The van der Waals surface area contributed by atoms with Gasteiger partial charge in [0.25, 0.3) is 0 Å². The lowest BCUT2D eigenvalue weighted by Crippen LogP contribution is -2.13. The summed E-state index contributed by atoms with van der Waals surface area (Å²) in [5, 5.41) is 0. The first-order valence-corrected chi connectivity index (χ1v) is 6.75. The second-order valence-corrected chi connectivity index (χ2v) is 5.08. The molecule has 0 bridgehead atoms. The maximum atomic E-state index is 12.6. The van der Waals surface area contributed by atoms with Crippen molar-refractivity contribution in [2.45, 2.75) is 6.18 Å². The highest BCUT2D eigenvalue weighted by atomic mass is 79.9. The van der Waals surface area contributed by atoms with E-state index in [0.717, 1.165) is 12.1 Å². The molecule has 6 heteroatoms. The molecule has 0 spiro atoms. The Labute approximate surface area is 127 Å². The molecule has 0 aromatic heterocycles. The van der Waals surface area contributed by atoms with Crippen molar-refractivity contribution < 1.29 is 22.7 Å². The van der Waals surface area contributed by atoms with E-state index < -0.39 is 17.5 Å². The van der Waals surface area contributed by atoms with E-state index in [1.165, 1.54) is 12.1 Å². The fourth-order valence-corrected chi connectivity index (χ4v) is 2.06. The Morgan fingerprint density at radius 2 is 1.81 bits per heavy atom. The summed E-state index contributed by atoms with van der Waals surface area (Å²) in [6, 6.07) is 11.2. The van der Waals surface area contributed by atoms with Crippen molar-refractivity contribution in [2.24, 2.45) is 0 Å². The van der Waals surface area contributed by atoms with Gasteiger partial charge in [0.2, 0.25) is 0 Å². The molecule has 0 saturated heterocycles. The molecule has 0 aliphatic rings. The van der Waals surface area contributed by atoms with Crippen LogP contribution in [0.3, 0.4) is 0 Å². The van der Waals surface area contributed by atoms with Crippen LogP contribution in [0.2, 0.25) is 0 Å². The first-order chi connectivity index (χ1) is 9.88. The van der Waals surface area contributed by atoms with E-state index >= 15 is 0 Å². The van der Waals surface area contributed by atoms with Crippen LogP contribution < -0.4 is 4.74 Å². The predicted molar refractivity (Wildman–Crippen MR) is 75.4 cm³/mol. The summed E-state index contributed by atoms with van der Waals surface area (Å²) in [5.41, 5.74) is -0.883. The molecular weight excluding hydrogens is 349 g/mol. The minimum absolute atomic E-state index is 0.0307. The number of carbonyl (C=O) groups excluding carboxylic acids is 1. The van der Waals surface area contributed by atoms with Crippen LogP contribution in [0.1, 0.15) is 15.9 Å². The van der Waals surface area contributed by atoms with Gasteiger partial charge in [0.1, 0.15) is 5.75 Å². The summed E-state index contributed by atoms with van der Waals surface area (Å²) >= 11 is 3.26. The molecule has 0 atom stereocenters. The molecular formula is C15H10BrF3O2. The van der Waals surface area contributed by atoms with Gasteiger partial charge in [0, 0.05) is 5.56 Å². The first-order valence-electron chi connectivity index (χ1n) is 5.96. The monoisotopic (exact) mass is 358 g/mol. The van der Waals surface area contributed by atoms with E-state index in [2.05, 4.69) is 15.9 Å². The van der Waals surface area contributed by atoms with Gasteiger partial charge in [-0.2, -0.15) is 13.2 Å². The summed E-state index contributed by atoms with van der Waals surface area (Å²) < 4.78 is 43.7. The van der Waals surface area contributed by atoms with E-state index in [-0.39, 0.29) is 12.2 Å². The minimum atomic E-state index is -4.47. The summed E-state index contributed by atoms with van der Waals surface area (Å²) in [7, 11) is 0. The number of ketones is 1. The van der Waals surface area contributed by atoms with Crippen molar-refractivity contribution in [2.75, 3.05) is 6.61 Å². The van der Waals surface area contributed by atoms with E-state index in [1.807, 2.05) is 0 Å². The molecule has 2 nitrogen and oxygen atoms in total. The molecule has 0 N–H and O–H groups in total. The SMILES string of the molecule is O=C(COc1ccccc1Br)c1cccc(C(F)(F)F)c1. The lowest BCUT2D eigenvalue weighted by atomic mass is 10.1. The van der Waals surface area contributed by atoms with Crippen LogP contribution in [0.25, 0.3) is 0 Å². The van der Waals surface area contributed by atoms with Gasteiger partial charge in [0.05, 0.1) is 10.0 Å². The summed E-state index contributed by atoms with van der Waals surface area (Å²) in [5.74, 6) is -0.0605. The fourth-order valence-electron chi connectivity index (χ4n) is 1.66. The predicted octanol–water partition coefficient (Wildman–Crippen LogP) is 4.73. The van der Waals surface area contributed by atoms with Crippen LogP contribution in [0, 0.1) is 0 Å². The van der Waals surface area contributed by atoms with Crippen molar-refractivity contribution in [3.8, 4) is 5.75 Å². The third kappa shape index (κ3) is 4.07. The Morgan fingerprint density at radius 3 is 2.48 bits per heavy atom. The summed E-state index contributed by atoms with van der Waals surface area (Å²) in [6.45, 7) is -0.329.